The van der Waals surface area contributed by atoms with Crippen molar-refractivity contribution in [1.82, 2.24) is 29.9 Å². The molecule has 0 bridgehead atoms. The second-order valence-corrected chi connectivity index (χ2v) is 7.84. The number of carbonyl (C=O) groups is 1. The maximum absolute atomic E-state index is 13.5. The number of aryl methyl sites for hydroxylation is 1. The van der Waals surface area contributed by atoms with Crippen molar-refractivity contribution in [2.45, 2.75) is 20.0 Å². The summed E-state index contributed by atoms with van der Waals surface area (Å²) in [6.07, 6.45) is 3.25. The highest BCUT2D eigenvalue weighted by molar-refractivity contribution is 5.94. The van der Waals surface area contributed by atoms with Crippen LogP contribution in [0.5, 0.6) is 5.75 Å². The van der Waals surface area contributed by atoms with Gasteiger partial charge >= 0.3 is 0 Å². The Morgan fingerprint density at radius 1 is 1.03 bits per heavy atom. The third-order valence-corrected chi connectivity index (χ3v) is 5.68. The van der Waals surface area contributed by atoms with Gasteiger partial charge in [0.1, 0.15) is 5.75 Å². The molecule has 0 saturated heterocycles. The van der Waals surface area contributed by atoms with Gasteiger partial charge in [-0.25, -0.2) is 0 Å². The summed E-state index contributed by atoms with van der Waals surface area (Å²) in [5.41, 5.74) is 5.12. The summed E-state index contributed by atoms with van der Waals surface area (Å²) in [7, 11) is 1.63. The molecule has 5 rings (SSSR count). The summed E-state index contributed by atoms with van der Waals surface area (Å²) in [5.74, 6) is 0.676. The Labute approximate surface area is 190 Å². The van der Waals surface area contributed by atoms with Crippen LogP contribution in [0.1, 0.15) is 27.0 Å². The molecule has 33 heavy (non-hydrogen) atoms. The second-order valence-electron chi connectivity index (χ2n) is 7.84. The van der Waals surface area contributed by atoms with Crippen LogP contribution in [0.2, 0.25) is 0 Å². The molecule has 5 aromatic rings. The number of aromatic nitrogens is 5. The first-order valence-corrected chi connectivity index (χ1v) is 10.6. The normalized spacial score (nSPS) is 11.1. The lowest BCUT2D eigenvalue weighted by molar-refractivity contribution is 0.0730. The molecule has 8 heteroatoms. The smallest absolute Gasteiger partial charge is 0.254 e. The summed E-state index contributed by atoms with van der Waals surface area (Å²) in [5, 5.41) is 13.4. The molecule has 0 aliphatic rings. The van der Waals surface area contributed by atoms with Crippen LogP contribution in [0.4, 0.5) is 0 Å². The largest absolute Gasteiger partial charge is 0.497 e. The maximum Gasteiger partial charge on any atom is 0.254 e. The molecule has 0 fully saturated rings. The lowest BCUT2D eigenvalue weighted by Gasteiger charge is -2.24. The van der Waals surface area contributed by atoms with Crippen LogP contribution >= 0.6 is 0 Å². The lowest BCUT2D eigenvalue weighted by Crippen LogP contribution is -2.30. The quantitative estimate of drug-likeness (QED) is 0.401. The lowest BCUT2D eigenvalue weighted by atomic mass is 10.1. The number of methoxy groups -OCH3 is 1. The van der Waals surface area contributed by atoms with Crippen LogP contribution in [-0.4, -0.2) is 42.9 Å². The van der Waals surface area contributed by atoms with Gasteiger partial charge in [-0.15, -0.1) is 5.10 Å². The van der Waals surface area contributed by atoms with Crippen molar-refractivity contribution < 1.29 is 9.53 Å². The molecule has 0 atom stereocenters. The van der Waals surface area contributed by atoms with Crippen molar-refractivity contribution in [3.63, 3.8) is 0 Å². The number of pyridine rings is 2. The number of tetrazole rings is 1. The molecule has 164 valence electrons. The number of hydrogen-bond donors (Lipinski definition) is 0. The van der Waals surface area contributed by atoms with Crippen LogP contribution < -0.4 is 4.74 Å². The summed E-state index contributed by atoms with van der Waals surface area (Å²) in [6.45, 7) is 2.80. The first-order valence-electron chi connectivity index (χ1n) is 10.6. The number of rotatable bonds is 6. The minimum Gasteiger partial charge on any atom is -0.497 e. The zero-order valence-corrected chi connectivity index (χ0v) is 18.3. The number of amides is 1. The zero-order valence-electron chi connectivity index (χ0n) is 18.3. The predicted molar refractivity (Wildman–Crippen MR) is 124 cm³/mol. The van der Waals surface area contributed by atoms with Crippen molar-refractivity contribution in [3.05, 3.63) is 95.3 Å². The highest BCUT2D eigenvalue weighted by atomic mass is 16.5. The molecule has 0 spiro atoms. The SMILES string of the molecule is COc1ccc(CN(Cc2cc3cccc(C)c3n3nnnc23)C(=O)c2ccncc2)cc1. The fourth-order valence-electron chi connectivity index (χ4n) is 4.03. The first kappa shape index (κ1) is 20.6. The van der Waals surface area contributed by atoms with Crippen LogP contribution in [0.15, 0.2) is 73.1 Å². The molecular weight excluding hydrogens is 416 g/mol. The van der Waals surface area contributed by atoms with Crippen LogP contribution in [0, 0.1) is 6.92 Å². The van der Waals surface area contributed by atoms with E-state index in [1.807, 2.05) is 49.4 Å². The first-order chi connectivity index (χ1) is 16.1. The molecule has 8 nitrogen and oxygen atoms in total. The molecule has 0 radical (unpaired) electrons. The average Bonchev–Trinajstić information content (AvgIpc) is 3.34. The molecule has 0 saturated carbocycles. The molecule has 3 heterocycles. The number of carbonyl (C=O) groups excluding carboxylic acids is 1. The molecular formula is C25H22N6O2. The topological polar surface area (TPSA) is 85.5 Å². The predicted octanol–water partition coefficient (Wildman–Crippen LogP) is 3.83. The minimum absolute atomic E-state index is 0.0943. The summed E-state index contributed by atoms with van der Waals surface area (Å²) < 4.78 is 7.02. The van der Waals surface area contributed by atoms with Crippen molar-refractivity contribution in [3.8, 4) is 5.75 Å². The summed E-state index contributed by atoms with van der Waals surface area (Å²) in [6, 6.07) is 19.3. The Kier molecular flexibility index (Phi) is 5.40. The van der Waals surface area contributed by atoms with E-state index in [0.29, 0.717) is 24.3 Å². The van der Waals surface area contributed by atoms with E-state index in [9.17, 15) is 4.79 Å². The molecule has 0 aliphatic carbocycles. The van der Waals surface area contributed by atoms with E-state index < -0.39 is 0 Å². The Morgan fingerprint density at radius 2 is 1.82 bits per heavy atom. The average molecular weight is 438 g/mol. The highest BCUT2D eigenvalue weighted by Crippen LogP contribution is 2.24. The zero-order chi connectivity index (χ0) is 22.8. The Bertz CT molecular complexity index is 1430. The Hall–Kier alpha value is -4.33. The second kappa shape index (κ2) is 8.66. The number of nitrogens with zero attached hydrogens (tertiary/aromatic N) is 6. The van der Waals surface area contributed by atoms with Gasteiger partial charge in [0.2, 0.25) is 0 Å². The van der Waals surface area contributed by atoms with E-state index in [0.717, 1.165) is 33.3 Å². The number of para-hydroxylation sites is 1. The minimum atomic E-state index is -0.0943. The number of fused-ring (bicyclic) bond motifs is 3. The Morgan fingerprint density at radius 3 is 2.58 bits per heavy atom. The molecule has 0 N–H and O–H groups in total. The summed E-state index contributed by atoms with van der Waals surface area (Å²) in [4.78, 5) is 19.3. The molecule has 3 aromatic heterocycles. The van der Waals surface area contributed by atoms with Gasteiger partial charge in [0.05, 0.1) is 19.2 Å². The van der Waals surface area contributed by atoms with Gasteiger partial charge in [0.15, 0.2) is 5.65 Å². The van der Waals surface area contributed by atoms with Crippen molar-refractivity contribution in [1.29, 1.82) is 0 Å². The van der Waals surface area contributed by atoms with Gasteiger partial charge in [-0.3, -0.25) is 9.78 Å². The number of hydrogen-bond acceptors (Lipinski definition) is 6. The van der Waals surface area contributed by atoms with Gasteiger partial charge in [0.25, 0.3) is 5.91 Å². The van der Waals surface area contributed by atoms with Crippen molar-refractivity contribution >= 4 is 22.5 Å². The van der Waals surface area contributed by atoms with E-state index in [-0.39, 0.29) is 5.91 Å². The third kappa shape index (κ3) is 3.98. The van der Waals surface area contributed by atoms with E-state index in [1.54, 1.807) is 41.1 Å². The summed E-state index contributed by atoms with van der Waals surface area (Å²) >= 11 is 0. The maximum atomic E-state index is 13.5. The molecule has 0 unspecified atom stereocenters. The van der Waals surface area contributed by atoms with E-state index in [2.05, 4.69) is 26.6 Å². The number of benzene rings is 2. The molecule has 0 aliphatic heterocycles. The fraction of sp³-hybridized carbons (Fsp3) is 0.160. The highest BCUT2D eigenvalue weighted by Gasteiger charge is 2.20. The van der Waals surface area contributed by atoms with E-state index in [1.165, 1.54) is 0 Å². The van der Waals surface area contributed by atoms with Crippen molar-refractivity contribution in [2.24, 2.45) is 0 Å². The molecule has 2 aromatic carbocycles. The standard InChI is InChI=1S/C25H22N6O2/c1-17-4-3-5-20-14-21(24-27-28-29-31(24)23(17)20)16-30(25(32)19-10-12-26-13-11-19)15-18-6-8-22(33-2)9-7-18/h3-14H,15-16H2,1-2H3. The number of ether oxygens (including phenoxy) is 1. The van der Waals surface area contributed by atoms with E-state index >= 15 is 0 Å². The van der Waals surface area contributed by atoms with Gasteiger partial charge in [0, 0.05) is 35.5 Å². The Balaban J connectivity index is 1.57. The van der Waals surface area contributed by atoms with Crippen LogP contribution in [0.25, 0.3) is 16.6 Å². The molecule has 1 amide bonds. The third-order valence-electron chi connectivity index (χ3n) is 5.68. The van der Waals surface area contributed by atoms with Gasteiger partial charge in [-0.2, -0.15) is 4.52 Å². The van der Waals surface area contributed by atoms with Gasteiger partial charge in [-0.1, -0.05) is 30.3 Å². The van der Waals surface area contributed by atoms with Crippen molar-refractivity contribution in [2.75, 3.05) is 7.11 Å². The van der Waals surface area contributed by atoms with Crippen LogP contribution in [0.3, 0.4) is 0 Å². The fourth-order valence-corrected chi connectivity index (χ4v) is 4.03. The monoisotopic (exact) mass is 438 g/mol. The van der Waals surface area contributed by atoms with E-state index in [4.69, 9.17) is 4.74 Å². The van der Waals surface area contributed by atoms with Gasteiger partial charge in [-0.05, 0) is 58.8 Å². The van der Waals surface area contributed by atoms with Gasteiger partial charge < -0.3 is 9.64 Å². The van der Waals surface area contributed by atoms with Crippen LogP contribution in [-0.2, 0) is 13.1 Å².